The number of hydrogen-bond acceptors (Lipinski definition) is 3. The number of benzene rings is 1. The van der Waals surface area contributed by atoms with Crippen molar-refractivity contribution < 1.29 is 20.1 Å². The summed E-state index contributed by atoms with van der Waals surface area (Å²) in [6.45, 7) is 4.25. The Morgan fingerprint density at radius 2 is 1.80 bits per heavy atom. The van der Waals surface area contributed by atoms with Crippen molar-refractivity contribution in [3.05, 3.63) is 29.8 Å². The molecule has 0 fully saturated rings. The number of aliphatic hydroxyl groups is 1. The first kappa shape index (κ1) is 13.4. The number of phenols is 1. The summed E-state index contributed by atoms with van der Waals surface area (Å²) in [4.78, 5) is 10.3. The number of rotatable bonds is 2. The van der Waals surface area contributed by atoms with Gasteiger partial charge in [0.1, 0.15) is 11.3 Å². The zero-order valence-corrected chi connectivity index (χ0v) is 8.84. The molecule has 4 nitrogen and oxygen atoms in total. The zero-order valence-electron chi connectivity index (χ0n) is 8.84. The Balaban J connectivity index is 0.000000336. The van der Waals surface area contributed by atoms with Crippen LogP contribution < -0.4 is 0 Å². The largest absolute Gasteiger partial charge is 0.507 e. The van der Waals surface area contributed by atoms with Crippen LogP contribution in [-0.4, -0.2) is 27.9 Å². The van der Waals surface area contributed by atoms with Crippen LogP contribution in [0.5, 0.6) is 5.75 Å². The molecule has 3 N–H and O–H groups in total. The molecule has 0 aliphatic heterocycles. The fraction of sp³-hybridized carbons (Fsp3) is 0.364. The van der Waals surface area contributed by atoms with E-state index in [1.165, 1.54) is 12.1 Å². The van der Waals surface area contributed by atoms with Crippen LogP contribution in [0.4, 0.5) is 0 Å². The molecule has 0 aliphatic rings. The number of carboxylic acids is 1. The van der Waals surface area contributed by atoms with Crippen LogP contribution in [0.25, 0.3) is 0 Å². The number of aromatic carboxylic acids is 1. The number of para-hydroxylation sites is 1. The van der Waals surface area contributed by atoms with Crippen molar-refractivity contribution in [1.29, 1.82) is 0 Å². The van der Waals surface area contributed by atoms with Gasteiger partial charge in [0.2, 0.25) is 0 Å². The number of carbonyl (C=O) groups is 1. The van der Waals surface area contributed by atoms with Crippen LogP contribution in [0.1, 0.15) is 24.2 Å². The predicted octanol–water partition coefficient (Wildman–Crippen LogP) is 1.73. The Labute approximate surface area is 88.8 Å². The Morgan fingerprint density at radius 1 is 1.33 bits per heavy atom. The minimum absolute atomic E-state index is 0.0671. The van der Waals surface area contributed by atoms with Crippen molar-refractivity contribution in [2.24, 2.45) is 5.92 Å². The van der Waals surface area contributed by atoms with E-state index in [-0.39, 0.29) is 11.3 Å². The quantitative estimate of drug-likeness (QED) is 0.697. The fourth-order valence-electron chi connectivity index (χ4n) is 0.654. The molecule has 4 heteroatoms. The van der Waals surface area contributed by atoms with E-state index in [9.17, 15) is 4.79 Å². The van der Waals surface area contributed by atoms with Crippen LogP contribution in [0.3, 0.4) is 0 Å². The molecule has 0 radical (unpaired) electrons. The molecule has 0 aromatic heterocycles. The third kappa shape index (κ3) is 5.70. The van der Waals surface area contributed by atoms with E-state index in [4.69, 9.17) is 15.3 Å². The van der Waals surface area contributed by atoms with Gasteiger partial charge in [-0.3, -0.25) is 0 Å². The van der Waals surface area contributed by atoms with Gasteiger partial charge in [-0.05, 0) is 18.1 Å². The van der Waals surface area contributed by atoms with Gasteiger partial charge in [0, 0.05) is 6.61 Å². The third-order valence-corrected chi connectivity index (χ3v) is 1.50. The van der Waals surface area contributed by atoms with Crippen LogP contribution in [0.2, 0.25) is 0 Å². The molecule has 1 aromatic rings. The van der Waals surface area contributed by atoms with Gasteiger partial charge in [-0.1, -0.05) is 26.0 Å². The maximum absolute atomic E-state index is 10.3. The second kappa shape index (κ2) is 6.84. The molecule has 0 bridgehead atoms. The maximum atomic E-state index is 10.3. The lowest BCUT2D eigenvalue weighted by atomic mass is 10.2. The lowest BCUT2D eigenvalue weighted by Gasteiger charge is -1.95. The average molecular weight is 212 g/mol. The fourth-order valence-corrected chi connectivity index (χ4v) is 0.654. The molecule has 0 unspecified atom stereocenters. The van der Waals surface area contributed by atoms with Crippen molar-refractivity contribution in [2.45, 2.75) is 13.8 Å². The summed E-state index contributed by atoms with van der Waals surface area (Å²) in [5.74, 6) is -0.872. The Hall–Kier alpha value is -1.55. The van der Waals surface area contributed by atoms with E-state index in [1.54, 1.807) is 12.1 Å². The topological polar surface area (TPSA) is 77.8 Å². The molecule has 0 spiro atoms. The van der Waals surface area contributed by atoms with E-state index in [0.717, 1.165) is 0 Å². The van der Waals surface area contributed by atoms with Gasteiger partial charge in [-0.25, -0.2) is 4.79 Å². The van der Waals surface area contributed by atoms with E-state index < -0.39 is 5.97 Å². The number of carboxylic acid groups (broad SMARTS) is 1. The molecule has 0 amide bonds. The van der Waals surface area contributed by atoms with Gasteiger partial charge in [-0.2, -0.15) is 0 Å². The summed E-state index contributed by atoms with van der Waals surface area (Å²) >= 11 is 0. The molecule has 1 aromatic carbocycles. The Morgan fingerprint density at radius 3 is 2.07 bits per heavy atom. The van der Waals surface area contributed by atoms with Gasteiger partial charge in [-0.15, -0.1) is 0 Å². The highest BCUT2D eigenvalue weighted by Crippen LogP contribution is 2.14. The molecule has 84 valence electrons. The van der Waals surface area contributed by atoms with Crippen LogP contribution in [0.15, 0.2) is 24.3 Å². The molecular weight excluding hydrogens is 196 g/mol. The molecule has 0 atom stereocenters. The number of aromatic hydroxyl groups is 1. The molecule has 0 saturated heterocycles. The molecular formula is C11H16O4. The Kier molecular flexibility index (Phi) is 6.13. The van der Waals surface area contributed by atoms with E-state index in [0.29, 0.717) is 12.5 Å². The summed E-state index contributed by atoms with van der Waals surface area (Å²) in [7, 11) is 0. The Bertz CT molecular complexity index is 307. The average Bonchev–Trinajstić information content (AvgIpc) is 2.19. The normalized spacial score (nSPS) is 9.33. The van der Waals surface area contributed by atoms with E-state index >= 15 is 0 Å². The zero-order chi connectivity index (χ0) is 11.8. The minimum atomic E-state index is -1.11. The minimum Gasteiger partial charge on any atom is -0.507 e. The van der Waals surface area contributed by atoms with Gasteiger partial charge >= 0.3 is 5.97 Å². The van der Waals surface area contributed by atoms with Crippen molar-refractivity contribution in [1.82, 2.24) is 0 Å². The number of hydrogen-bond donors (Lipinski definition) is 3. The summed E-state index contributed by atoms with van der Waals surface area (Å²) in [6, 6.07) is 5.81. The van der Waals surface area contributed by atoms with Crippen molar-refractivity contribution in [2.75, 3.05) is 6.61 Å². The summed E-state index contributed by atoms with van der Waals surface area (Å²) < 4.78 is 0. The standard InChI is InChI=1S/C7H6O3.C4H10O/c8-6-4-2-1-3-5(6)7(9)10;1-4(2)3-5/h1-4,8H,(H,9,10);4-5H,3H2,1-2H3. The summed E-state index contributed by atoms with van der Waals surface area (Å²) in [5, 5.41) is 25.4. The van der Waals surface area contributed by atoms with Gasteiger partial charge in [0.05, 0.1) is 0 Å². The molecule has 0 saturated carbocycles. The second-order valence-corrected chi connectivity index (χ2v) is 3.40. The lowest BCUT2D eigenvalue weighted by Crippen LogP contribution is -1.95. The second-order valence-electron chi connectivity index (χ2n) is 3.40. The molecule has 0 heterocycles. The SMILES string of the molecule is CC(C)CO.O=C(O)c1ccccc1O. The first-order valence-electron chi connectivity index (χ1n) is 4.61. The molecule has 15 heavy (non-hydrogen) atoms. The smallest absolute Gasteiger partial charge is 0.339 e. The van der Waals surface area contributed by atoms with Crippen molar-refractivity contribution >= 4 is 5.97 Å². The number of aliphatic hydroxyl groups excluding tert-OH is 1. The first-order chi connectivity index (χ1) is 6.99. The maximum Gasteiger partial charge on any atom is 0.339 e. The highest BCUT2D eigenvalue weighted by Gasteiger charge is 2.05. The highest BCUT2D eigenvalue weighted by molar-refractivity contribution is 5.90. The van der Waals surface area contributed by atoms with Gasteiger partial charge in [0.25, 0.3) is 0 Å². The third-order valence-electron chi connectivity index (χ3n) is 1.50. The highest BCUT2D eigenvalue weighted by atomic mass is 16.4. The molecule has 1 rings (SSSR count). The van der Waals surface area contributed by atoms with Crippen LogP contribution >= 0.6 is 0 Å². The lowest BCUT2D eigenvalue weighted by molar-refractivity contribution is 0.0693. The monoisotopic (exact) mass is 212 g/mol. The first-order valence-corrected chi connectivity index (χ1v) is 4.61. The van der Waals surface area contributed by atoms with E-state index in [2.05, 4.69) is 0 Å². The van der Waals surface area contributed by atoms with Gasteiger partial charge < -0.3 is 15.3 Å². The predicted molar refractivity (Wildman–Crippen MR) is 57.0 cm³/mol. The summed E-state index contributed by atoms with van der Waals surface area (Å²) in [6.07, 6.45) is 0. The van der Waals surface area contributed by atoms with Crippen LogP contribution in [0, 0.1) is 5.92 Å². The van der Waals surface area contributed by atoms with E-state index in [1.807, 2.05) is 13.8 Å². The molecule has 0 aliphatic carbocycles. The van der Waals surface area contributed by atoms with Crippen LogP contribution in [-0.2, 0) is 0 Å². The van der Waals surface area contributed by atoms with Gasteiger partial charge in [0.15, 0.2) is 0 Å². The van der Waals surface area contributed by atoms with Crippen molar-refractivity contribution in [3.8, 4) is 5.75 Å². The summed E-state index contributed by atoms with van der Waals surface area (Å²) in [5.41, 5.74) is -0.0671. The van der Waals surface area contributed by atoms with Crippen molar-refractivity contribution in [3.63, 3.8) is 0 Å².